The van der Waals surface area contributed by atoms with Crippen LogP contribution in [0.1, 0.15) is 6.92 Å². The monoisotopic (exact) mass is 164 g/mol. The molecule has 0 aliphatic carbocycles. The van der Waals surface area contributed by atoms with Gasteiger partial charge in [-0.15, -0.1) is 0 Å². The second-order valence-electron chi connectivity index (χ2n) is 1.59. The van der Waals surface area contributed by atoms with Gasteiger partial charge in [0.15, 0.2) is 5.97 Å². The normalized spacial score (nSPS) is 10.6. The molecule has 59 valence electrons. The van der Waals surface area contributed by atoms with Crippen molar-refractivity contribution in [2.24, 2.45) is 0 Å². The Kier molecular flexibility index (Phi) is 3.21. The van der Waals surface area contributed by atoms with Gasteiger partial charge in [0.25, 0.3) is 0 Å². The molecule has 0 aromatic carbocycles. The van der Waals surface area contributed by atoms with Crippen LogP contribution >= 0.6 is 0 Å². The maximum Gasteiger partial charge on any atom is 0.157 e. The van der Waals surface area contributed by atoms with Crippen LogP contribution in [0.3, 0.4) is 0 Å². The van der Waals surface area contributed by atoms with Crippen LogP contribution in [-0.2, 0) is 19.4 Å². The average molecular weight is 164 g/mol. The summed E-state index contributed by atoms with van der Waals surface area (Å²) in [5, 5.41) is 0. The zero-order valence-electron chi connectivity index (χ0n) is 5.75. The predicted molar refractivity (Wildman–Crippen MR) is 34.7 cm³/mol. The number of carbonyl (C=O) groups is 1. The minimum absolute atomic E-state index is 0.154. The lowest BCUT2D eigenvalue weighted by molar-refractivity contribution is -0.138. The first-order chi connectivity index (χ1) is 4.45. The van der Waals surface area contributed by atoms with Crippen molar-refractivity contribution in [1.29, 1.82) is 0 Å². The molecule has 0 aliphatic rings. The number of ether oxygens (including phenoxy) is 1. The Morgan fingerprint density at radius 1 is 1.60 bits per heavy atom. The number of hydrogen-bond acceptors (Lipinski definition) is 4. The molecule has 0 spiro atoms. The molecule has 4 nitrogen and oxygen atoms in total. The fourth-order valence-corrected chi connectivity index (χ4v) is 0.674. The second-order valence-corrected chi connectivity index (χ2v) is 3.34. The van der Waals surface area contributed by atoms with Crippen LogP contribution in [0.25, 0.3) is 0 Å². The van der Waals surface area contributed by atoms with E-state index in [1.165, 1.54) is 0 Å². The third-order valence-electron chi connectivity index (χ3n) is 0.544. The summed E-state index contributed by atoms with van der Waals surface area (Å²) in [7, 11) is -3.47. The summed E-state index contributed by atoms with van der Waals surface area (Å²) < 4.78 is 24.9. The standard InChI is InChI=1S/C5H8O4S/c1-3-9-5(6)4-10(2,7)8/h3H2,1-2H3/q-1. The first kappa shape index (κ1) is 9.29. The maximum absolute atomic E-state index is 10.3. The summed E-state index contributed by atoms with van der Waals surface area (Å²) in [4.78, 5) is 10.3. The van der Waals surface area contributed by atoms with Gasteiger partial charge in [-0.1, -0.05) is 0 Å². The highest BCUT2D eigenvalue weighted by molar-refractivity contribution is 7.93. The molecule has 0 heterocycles. The van der Waals surface area contributed by atoms with E-state index in [-0.39, 0.29) is 6.61 Å². The van der Waals surface area contributed by atoms with Crippen molar-refractivity contribution in [3.05, 3.63) is 5.75 Å². The van der Waals surface area contributed by atoms with Gasteiger partial charge >= 0.3 is 0 Å². The molecular weight excluding hydrogens is 156 g/mol. The first-order valence-corrected chi connectivity index (χ1v) is 4.49. The van der Waals surface area contributed by atoms with Crippen LogP contribution in [0, 0.1) is 5.75 Å². The van der Waals surface area contributed by atoms with Crippen LogP contribution in [0.4, 0.5) is 0 Å². The quantitative estimate of drug-likeness (QED) is 0.422. The van der Waals surface area contributed by atoms with E-state index >= 15 is 0 Å². The molecule has 0 amide bonds. The van der Waals surface area contributed by atoms with E-state index in [0.29, 0.717) is 0 Å². The third kappa shape index (κ3) is 5.43. The Hall–Kier alpha value is -0.710. The van der Waals surface area contributed by atoms with E-state index in [1.807, 2.05) is 0 Å². The highest BCUT2D eigenvalue weighted by Gasteiger charge is 1.92. The SMILES string of the molecule is CCOC(=O)[C-]S(C)(=O)=O. The van der Waals surface area contributed by atoms with Crippen LogP contribution < -0.4 is 0 Å². The van der Waals surface area contributed by atoms with Crippen LogP contribution in [0.15, 0.2) is 0 Å². The Balaban J connectivity index is 3.82. The number of hydrogen-bond donors (Lipinski definition) is 0. The third-order valence-corrected chi connectivity index (χ3v) is 1.08. The summed E-state index contributed by atoms with van der Waals surface area (Å²) >= 11 is 0. The number of esters is 1. The van der Waals surface area contributed by atoms with Crippen molar-refractivity contribution >= 4 is 15.8 Å². The van der Waals surface area contributed by atoms with E-state index in [1.54, 1.807) is 12.7 Å². The van der Waals surface area contributed by atoms with Crippen LogP contribution in [0.5, 0.6) is 0 Å². The number of carbonyl (C=O) groups excluding carboxylic acids is 1. The molecule has 0 aliphatic heterocycles. The summed E-state index contributed by atoms with van der Waals surface area (Å²) in [5.74, 6) is 0.691. The lowest BCUT2D eigenvalue weighted by atomic mass is 10.8. The maximum atomic E-state index is 10.3. The van der Waals surface area contributed by atoms with Gasteiger partial charge in [0.1, 0.15) is 0 Å². The van der Waals surface area contributed by atoms with Gasteiger partial charge in [-0.2, -0.15) is 0 Å². The van der Waals surface area contributed by atoms with Crippen molar-refractivity contribution in [2.75, 3.05) is 12.9 Å². The lowest BCUT2D eigenvalue weighted by Crippen LogP contribution is -2.10. The molecule has 0 aromatic heterocycles. The Morgan fingerprint density at radius 2 is 2.10 bits per heavy atom. The molecule has 5 heteroatoms. The molecule has 0 bridgehead atoms. The number of sulfone groups is 1. The highest BCUT2D eigenvalue weighted by Crippen LogP contribution is 1.92. The predicted octanol–water partition coefficient (Wildman–Crippen LogP) is -0.367. The molecule has 0 N–H and O–H groups in total. The van der Waals surface area contributed by atoms with E-state index in [4.69, 9.17) is 0 Å². The van der Waals surface area contributed by atoms with Gasteiger partial charge in [0.2, 0.25) is 0 Å². The van der Waals surface area contributed by atoms with E-state index < -0.39 is 15.8 Å². The fourth-order valence-electron chi connectivity index (χ4n) is 0.312. The van der Waals surface area contributed by atoms with Crippen molar-refractivity contribution in [2.45, 2.75) is 6.92 Å². The zero-order valence-corrected chi connectivity index (χ0v) is 6.56. The van der Waals surface area contributed by atoms with Crippen molar-refractivity contribution in [3.8, 4) is 0 Å². The minimum Gasteiger partial charge on any atom is -0.490 e. The molecule has 0 fully saturated rings. The molecule has 0 aromatic rings. The zero-order chi connectivity index (χ0) is 8.20. The van der Waals surface area contributed by atoms with Crippen molar-refractivity contribution in [3.63, 3.8) is 0 Å². The smallest absolute Gasteiger partial charge is 0.157 e. The topological polar surface area (TPSA) is 60.4 Å². The Bertz CT molecular complexity index is 204. The van der Waals surface area contributed by atoms with Gasteiger partial charge in [0.05, 0.1) is 6.61 Å². The summed E-state index contributed by atoms with van der Waals surface area (Å²) in [6.45, 7) is 1.74. The van der Waals surface area contributed by atoms with E-state index in [2.05, 4.69) is 4.74 Å². The first-order valence-electron chi connectivity index (χ1n) is 2.60. The Labute approximate surface area is 60.1 Å². The summed E-state index contributed by atoms with van der Waals surface area (Å²) in [6, 6.07) is 0. The van der Waals surface area contributed by atoms with Gasteiger partial charge in [-0.05, 0) is 6.92 Å². The van der Waals surface area contributed by atoms with Gasteiger partial charge in [-0.3, -0.25) is 19.0 Å². The molecule has 0 unspecified atom stereocenters. The molecule has 0 atom stereocenters. The second kappa shape index (κ2) is 3.46. The molecule has 0 saturated heterocycles. The van der Waals surface area contributed by atoms with E-state index in [0.717, 1.165) is 6.26 Å². The molecule has 0 rings (SSSR count). The molecular formula is C5H8O4S-. The van der Waals surface area contributed by atoms with Gasteiger partial charge < -0.3 is 4.74 Å². The number of rotatable bonds is 3. The molecule has 10 heavy (non-hydrogen) atoms. The van der Waals surface area contributed by atoms with Gasteiger partial charge in [0, 0.05) is 16.1 Å². The van der Waals surface area contributed by atoms with Crippen LogP contribution in [0.2, 0.25) is 0 Å². The summed E-state index contributed by atoms with van der Waals surface area (Å²) in [5.41, 5.74) is 0. The molecule has 1 radical (unpaired) electrons. The van der Waals surface area contributed by atoms with E-state index in [9.17, 15) is 13.2 Å². The van der Waals surface area contributed by atoms with Gasteiger partial charge in [-0.25, -0.2) is 0 Å². The summed E-state index contributed by atoms with van der Waals surface area (Å²) in [6.07, 6.45) is 0.879. The average Bonchev–Trinajstić information content (AvgIpc) is 1.59. The van der Waals surface area contributed by atoms with Crippen LogP contribution in [-0.4, -0.2) is 27.2 Å². The van der Waals surface area contributed by atoms with Crippen molar-refractivity contribution in [1.82, 2.24) is 0 Å². The van der Waals surface area contributed by atoms with Crippen molar-refractivity contribution < 1.29 is 17.9 Å². The lowest BCUT2D eigenvalue weighted by Gasteiger charge is -2.12. The Morgan fingerprint density at radius 3 is 2.40 bits per heavy atom. The largest absolute Gasteiger partial charge is 0.490 e. The molecule has 0 saturated carbocycles. The fraction of sp³-hybridized carbons (Fsp3) is 0.600. The minimum atomic E-state index is -3.47. The highest BCUT2D eigenvalue weighted by atomic mass is 32.2.